The highest BCUT2D eigenvalue weighted by atomic mass is 32.2. The number of carbonyl (C=O) groups excluding carboxylic acids is 2. The maximum absolute atomic E-state index is 12.6. The van der Waals surface area contributed by atoms with E-state index >= 15 is 0 Å². The van der Waals surface area contributed by atoms with Gasteiger partial charge >= 0.3 is 12.1 Å². The number of hydrogen-bond donors (Lipinski definition) is 0. The molecule has 0 N–H and O–H groups in total. The molecule has 3 rings (SSSR count). The van der Waals surface area contributed by atoms with Crippen LogP contribution in [0.2, 0.25) is 0 Å². The largest absolute Gasteiger partial charge is 0.494 e. The van der Waals surface area contributed by atoms with E-state index in [0.717, 1.165) is 22.8 Å². The van der Waals surface area contributed by atoms with Gasteiger partial charge in [-0.15, -0.1) is 11.8 Å². The fourth-order valence-electron chi connectivity index (χ4n) is 3.85. The molecule has 0 radical (unpaired) electrons. The summed E-state index contributed by atoms with van der Waals surface area (Å²) >= 11 is 1.68. The molecule has 33 heavy (non-hydrogen) atoms. The molecule has 6 nitrogen and oxygen atoms in total. The van der Waals surface area contributed by atoms with Gasteiger partial charge in [0.2, 0.25) is 0 Å². The molecule has 7 heteroatoms. The Morgan fingerprint density at radius 1 is 1.15 bits per heavy atom. The Labute approximate surface area is 200 Å². The summed E-state index contributed by atoms with van der Waals surface area (Å²) < 4.78 is 16.4. The molecule has 0 unspecified atom stereocenters. The summed E-state index contributed by atoms with van der Waals surface area (Å²) in [5.74, 6) is 1.33. The van der Waals surface area contributed by atoms with Gasteiger partial charge < -0.3 is 19.1 Å². The highest BCUT2D eigenvalue weighted by Gasteiger charge is 2.47. The standard InChI is InChI=1S/C26H33NO5S/c1-4-30-24(28)14-9-16-31-21-12-8-13-22(19-21)33-17-15-27-23(26(2,3)32-25(27)29)18-20-10-6-5-7-11-20/h5-8,10-13,19,23H,4,9,14-18H2,1-3H3/t23-/m0/s1. The van der Waals surface area contributed by atoms with Crippen molar-refractivity contribution in [2.75, 3.05) is 25.5 Å². The number of benzene rings is 2. The molecule has 1 aliphatic rings. The van der Waals surface area contributed by atoms with Gasteiger partial charge in [0.1, 0.15) is 11.4 Å². The molecule has 1 heterocycles. The van der Waals surface area contributed by atoms with Gasteiger partial charge in [-0.3, -0.25) is 4.79 Å². The van der Waals surface area contributed by atoms with Gasteiger partial charge in [-0.05, 0) is 57.4 Å². The van der Waals surface area contributed by atoms with Gasteiger partial charge in [0.15, 0.2) is 0 Å². The topological polar surface area (TPSA) is 65.1 Å². The van der Waals surface area contributed by atoms with Crippen molar-refractivity contribution in [2.24, 2.45) is 0 Å². The lowest BCUT2D eigenvalue weighted by molar-refractivity contribution is -0.143. The normalized spacial score (nSPS) is 17.0. The predicted octanol–water partition coefficient (Wildman–Crippen LogP) is 5.34. The van der Waals surface area contributed by atoms with E-state index in [4.69, 9.17) is 14.2 Å². The third-order valence-electron chi connectivity index (χ3n) is 5.54. The van der Waals surface area contributed by atoms with E-state index in [0.29, 0.717) is 32.6 Å². The maximum atomic E-state index is 12.6. The second-order valence-corrected chi connectivity index (χ2v) is 9.62. The van der Waals surface area contributed by atoms with Crippen molar-refractivity contribution in [3.63, 3.8) is 0 Å². The van der Waals surface area contributed by atoms with Crippen LogP contribution in [0.3, 0.4) is 0 Å². The van der Waals surface area contributed by atoms with Crippen molar-refractivity contribution in [3.8, 4) is 5.75 Å². The molecule has 2 aromatic carbocycles. The maximum Gasteiger partial charge on any atom is 0.410 e. The van der Waals surface area contributed by atoms with Crippen LogP contribution in [0.1, 0.15) is 39.2 Å². The minimum atomic E-state index is -0.533. The van der Waals surface area contributed by atoms with E-state index in [-0.39, 0.29) is 18.1 Å². The van der Waals surface area contributed by atoms with Crippen LogP contribution in [0.5, 0.6) is 5.75 Å². The molecule has 0 aliphatic carbocycles. The molecule has 0 aromatic heterocycles. The monoisotopic (exact) mass is 471 g/mol. The summed E-state index contributed by atoms with van der Waals surface area (Å²) in [4.78, 5) is 26.9. The summed E-state index contributed by atoms with van der Waals surface area (Å²) in [7, 11) is 0. The minimum Gasteiger partial charge on any atom is -0.494 e. The molecule has 0 saturated carbocycles. The Morgan fingerprint density at radius 3 is 2.70 bits per heavy atom. The van der Waals surface area contributed by atoms with Gasteiger partial charge in [-0.25, -0.2) is 4.79 Å². The highest BCUT2D eigenvalue weighted by Crippen LogP contribution is 2.32. The van der Waals surface area contributed by atoms with Crippen molar-refractivity contribution in [1.29, 1.82) is 0 Å². The van der Waals surface area contributed by atoms with E-state index in [1.807, 2.05) is 61.2 Å². The fourth-order valence-corrected chi connectivity index (χ4v) is 4.75. The average Bonchev–Trinajstić information content (AvgIpc) is 3.00. The first-order chi connectivity index (χ1) is 15.9. The lowest BCUT2D eigenvalue weighted by atomic mass is 9.92. The van der Waals surface area contributed by atoms with E-state index in [1.54, 1.807) is 18.7 Å². The molecular formula is C26H33NO5S. The minimum absolute atomic E-state index is 0.0120. The number of thioether (sulfide) groups is 1. The van der Waals surface area contributed by atoms with Crippen LogP contribution in [0.25, 0.3) is 0 Å². The van der Waals surface area contributed by atoms with Gasteiger partial charge in [-0.2, -0.15) is 0 Å². The van der Waals surface area contributed by atoms with Crippen LogP contribution in [-0.4, -0.2) is 54.1 Å². The summed E-state index contributed by atoms with van der Waals surface area (Å²) in [6.45, 7) is 7.23. The molecule has 178 valence electrons. The summed E-state index contributed by atoms with van der Waals surface area (Å²) in [5, 5.41) is 0. The van der Waals surface area contributed by atoms with Gasteiger partial charge in [0.05, 0.1) is 19.3 Å². The number of carbonyl (C=O) groups is 2. The van der Waals surface area contributed by atoms with Crippen molar-refractivity contribution in [2.45, 2.75) is 56.6 Å². The third kappa shape index (κ3) is 7.42. The number of esters is 1. The van der Waals surface area contributed by atoms with Crippen LogP contribution in [0.4, 0.5) is 4.79 Å². The first-order valence-electron chi connectivity index (χ1n) is 11.4. The number of hydrogen-bond acceptors (Lipinski definition) is 6. The molecule has 1 aliphatic heterocycles. The van der Waals surface area contributed by atoms with Crippen LogP contribution >= 0.6 is 11.8 Å². The zero-order valence-corrected chi connectivity index (χ0v) is 20.4. The Morgan fingerprint density at radius 2 is 1.94 bits per heavy atom. The first-order valence-corrected chi connectivity index (χ1v) is 12.4. The zero-order valence-electron chi connectivity index (χ0n) is 19.6. The first kappa shape index (κ1) is 25.0. The van der Waals surface area contributed by atoms with Gasteiger partial charge in [0.25, 0.3) is 0 Å². The van der Waals surface area contributed by atoms with Crippen molar-refractivity contribution < 1.29 is 23.8 Å². The van der Waals surface area contributed by atoms with Gasteiger partial charge in [-0.1, -0.05) is 36.4 Å². The third-order valence-corrected chi connectivity index (χ3v) is 6.52. The number of cyclic esters (lactones) is 1. The summed E-state index contributed by atoms with van der Waals surface area (Å²) in [5.41, 5.74) is 0.661. The van der Waals surface area contributed by atoms with Crippen molar-refractivity contribution in [3.05, 3.63) is 60.2 Å². The second kappa shape index (κ2) is 12.0. The van der Waals surface area contributed by atoms with Crippen molar-refractivity contribution >= 4 is 23.8 Å². The van der Waals surface area contributed by atoms with Gasteiger partial charge in [0, 0.05) is 23.6 Å². The van der Waals surface area contributed by atoms with Crippen LogP contribution < -0.4 is 4.74 Å². The average molecular weight is 472 g/mol. The van der Waals surface area contributed by atoms with Crippen LogP contribution in [0.15, 0.2) is 59.5 Å². The summed E-state index contributed by atoms with van der Waals surface area (Å²) in [6, 6.07) is 18.1. The van der Waals surface area contributed by atoms with Crippen molar-refractivity contribution in [1.82, 2.24) is 4.90 Å². The number of amides is 1. The number of ether oxygens (including phenoxy) is 3. The molecule has 1 saturated heterocycles. The fraction of sp³-hybridized carbons (Fsp3) is 0.462. The molecule has 1 amide bonds. The molecule has 0 bridgehead atoms. The smallest absolute Gasteiger partial charge is 0.410 e. The molecule has 2 aromatic rings. The van der Waals surface area contributed by atoms with E-state index < -0.39 is 5.60 Å². The summed E-state index contributed by atoms with van der Waals surface area (Å²) in [6.07, 6.45) is 1.49. The Bertz CT molecular complexity index is 918. The molecule has 1 atom stereocenters. The number of rotatable bonds is 12. The Balaban J connectivity index is 1.50. The van der Waals surface area contributed by atoms with Crippen LogP contribution in [0, 0.1) is 0 Å². The Hall–Kier alpha value is -2.67. The zero-order chi connectivity index (χ0) is 23.7. The SMILES string of the molecule is CCOC(=O)CCCOc1cccc(SCCN2C(=O)OC(C)(C)[C@@H]2Cc2ccccc2)c1. The lowest BCUT2D eigenvalue weighted by Gasteiger charge is -2.29. The predicted molar refractivity (Wildman–Crippen MR) is 130 cm³/mol. The van der Waals surface area contributed by atoms with E-state index in [1.165, 1.54) is 5.56 Å². The number of nitrogens with zero attached hydrogens (tertiary/aromatic N) is 1. The Kier molecular flexibility index (Phi) is 9.06. The molecular weight excluding hydrogens is 438 g/mol. The molecule has 0 spiro atoms. The lowest BCUT2D eigenvalue weighted by Crippen LogP contribution is -2.44. The quantitative estimate of drug-likeness (QED) is 0.236. The highest BCUT2D eigenvalue weighted by molar-refractivity contribution is 7.99. The molecule has 1 fully saturated rings. The second-order valence-electron chi connectivity index (χ2n) is 8.45. The van der Waals surface area contributed by atoms with E-state index in [2.05, 4.69) is 12.1 Å². The van der Waals surface area contributed by atoms with Crippen LogP contribution in [-0.2, 0) is 20.7 Å². The van der Waals surface area contributed by atoms with E-state index in [9.17, 15) is 9.59 Å².